The van der Waals surface area contributed by atoms with Crippen LogP contribution in [0.25, 0.3) is 0 Å². The number of piperidine rings is 1. The fourth-order valence-corrected chi connectivity index (χ4v) is 2.85. The topological polar surface area (TPSA) is 63.7 Å². The van der Waals surface area contributed by atoms with Gasteiger partial charge >= 0.3 is 0 Å². The summed E-state index contributed by atoms with van der Waals surface area (Å²) in [5.41, 5.74) is 0.657. The summed E-state index contributed by atoms with van der Waals surface area (Å²) >= 11 is 0. The van der Waals surface area contributed by atoms with E-state index in [-0.39, 0.29) is 12.0 Å². The Kier molecular flexibility index (Phi) is 4.21. The van der Waals surface area contributed by atoms with E-state index >= 15 is 0 Å². The van der Waals surface area contributed by atoms with Crippen molar-refractivity contribution in [1.82, 2.24) is 4.90 Å². The second kappa shape index (κ2) is 5.71. The second-order valence-electron chi connectivity index (χ2n) is 4.66. The summed E-state index contributed by atoms with van der Waals surface area (Å²) in [6.07, 6.45) is 1.83. The minimum atomic E-state index is -3.42. The molecule has 5 nitrogen and oxygen atoms in total. The zero-order chi connectivity index (χ0) is 13.9. The van der Waals surface area contributed by atoms with Crippen LogP contribution >= 0.6 is 0 Å². The van der Waals surface area contributed by atoms with Crippen LogP contribution in [0.5, 0.6) is 0 Å². The standard InChI is InChI=1S/C13H17NO4S/c1-19(16,17)18-12-7-9-14(10-8-12)13(15)11-5-3-2-4-6-11/h2-6,12H,7-10H2,1H3. The highest BCUT2D eigenvalue weighted by atomic mass is 32.2. The summed E-state index contributed by atoms with van der Waals surface area (Å²) in [6.45, 7) is 1.04. The molecule has 1 aromatic carbocycles. The van der Waals surface area contributed by atoms with E-state index in [2.05, 4.69) is 0 Å². The van der Waals surface area contributed by atoms with Crippen molar-refractivity contribution >= 4 is 16.0 Å². The molecule has 0 atom stereocenters. The summed E-state index contributed by atoms with van der Waals surface area (Å²) in [7, 11) is -3.42. The maximum absolute atomic E-state index is 12.2. The molecular weight excluding hydrogens is 266 g/mol. The minimum absolute atomic E-state index is 0.0154. The van der Waals surface area contributed by atoms with E-state index in [1.54, 1.807) is 17.0 Å². The van der Waals surface area contributed by atoms with E-state index < -0.39 is 10.1 Å². The highest BCUT2D eigenvalue weighted by Gasteiger charge is 2.26. The van der Waals surface area contributed by atoms with Gasteiger partial charge < -0.3 is 4.90 Å². The molecule has 1 aliphatic heterocycles. The molecule has 0 aromatic heterocycles. The summed E-state index contributed by atoms with van der Waals surface area (Å²) in [6, 6.07) is 9.07. The lowest BCUT2D eigenvalue weighted by Gasteiger charge is -2.31. The molecule has 104 valence electrons. The van der Waals surface area contributed by atoms with Crippen LogP contribution in [0.3, 0.4) is 0 Å². The largest absolute Gasteiger partial charge is 0.338 e. The lowest BCUT2D eigenvalue weighted by Crippen LogP contribution is -2.41. The normalized spacial score (nSPS) is 17.4. The molecule has 1 fully saturated rings. The number of rotatable bonds is 3. The van der Waals surface area contributed by atoms with Crippen LogP contribution in [0.1, 0.15) is 23.2 Å². The van der Waals surface area contributed by atoms with Crippen molar-refractivity contribution in [3.05, 3.63) is 35.9 Å². The molecule has 0 radical (unpaired) electrons. The third-order valence-corrected chi connectivity index (χ3v) is 3.68. The van der Waals surface area contributed by atoms with Crippen LogP contribution in [0, 0.1) is 0 Å². The van der Waals surface area contributed by atoms with Crippen molar-refractivity contribution in [2.24, 2.45) is 0 Å². The van der Waals surface area contributed by atoms with Crippen molar-refractivity contribution < 1.29 is 17.4 Å². The van der Waals surface area contributed by atoms with Gasteiger partial charge in [0.15, 0.2) is 0 Å². The summed E-state index contributed by atoms with van der Waals surface area (Å²) < 4.78 is 27.0. The summed E-state index contributed by atoms with van der Waals surface area (Å²) in [5.74, 6) is -0.0154. The Morgan fingerprint density at radius 1 is 1.21 bits per heavy atom. The summed E-state index contributed by atoms with van der Waals surface area (Å²) in [4.78, 5) is 13.9. The summed E-state index contributed by atoms with van der Waals surface area (Å²) in [5, 5.41) is 0. The molecule has 2 rings (SSSR count). The maximum atomic E-state index is 12.2. The molecule has 0 bridgehead atoms. The first-order valence-corrected chi connectivity index (χ1v) is 8.00. The number of hydrogen-bond donors (Lipinski definition) is 0. The Morgan fingerprint density at radius 3 is 2.32 bits per heavy atom. The predicted molar refractivity (Wildman–Crippen MR) is 71.3 cm³/mol. The van der Waals surface area contributed by atoms with Gasteiger partial charge in [-0.25, -0.2) is 0 Å². The van der Waals surface area contributed by atoms with Gasteiger partial charge in [0, 0.05) is 18.7 Å². The molecule has 0 aliphatic carbocycles. The number of amides is 1. The zero-order valence-corrected chi connectivity index (χ0v) is 11.6. The molecule has 1 aliphatic rings. The third kappa shape index (κ3) is 4.04. The fraction of sp³-hybridized carbons (Fsp3) is 0.462. The van der Waals surface area contributed by atoms with Gasteiger partial charge in [-0.1, -0.05) is 18.2 Å². The molecule has 1 heterocycles. The molecule has 0 N–H and O–H groups in total. The van der Waals surface area contributed by atoms with E-state index in [0.717, 1.165) is 6.26 Å². The zero-order valence-electron chi connectivity index (χ0n) is 10.8. The molecule has 0 spiro atoms. The van der Waals surface area contributed by atoms with Crippen molar-refractivity contribution in [1.29, 1.82) is 0 Å². The van der Waals surface area contributed by atoms with Gasteiger partial charge in [0.25, 0.3) is 16.0 Å². The Morgan fingerprint density at radius 2 is 1.79 bits per heavy atom. The second-order valence-corrected chi connectivity index (χ2v) is 6.26. The van der Waals surface area contributed by atoms with Gasteiger partial charge in [0.2, 0.25) is 0 Å². The number of benzene rings is 1. The number of carbonyl (C=O) groups excluding carboxylic acids is 1. The quantitative estimate of drug-likeness (QED) is 0.784. The van der Waals surface area contributed by atoms with Crippen LogP contribution in [-0.2, 0) is 14.3 Å². The van der Waals surface area contributed by atoms with Crippen molar-refractivity contribution in [2.75, 3.05) is 19.3 Å². The van der Waals surface area contributed by atoms with Crippen LogP contribution in [0.4, 0.5) is 0 Å². The Hall–Kier alpha value is -1.40. The van der Waals surface area contributed by atoms with E-state index in [4.69, 9.17) is 4.18 Å². The van der Waals surface area contributed by atoms with Crippen LogP contribution in [0.15, 0.2) is 30.3 Å². The van der Waals surface area contributed by atoms with Gasteiger partial charge in [-0.05, 0) is 25.0 Å². The first-order chi connectivity index (χ1) is 8.96. The van der Waals surface area contributed by atoms with Crippen molar-refractivity contribution in [3.8, 4) is 0 Å². The fourth-order valence-electron chi connectivity index (χ4n) is 2.17. The van der Waals surface area contributed by atoms with Crippen LogP contribution < -0.4 is 0 Å². The maximum Gasteiger partial charge on any atom is 0.264 e. The van der Waals surface area contributed by atoms with E-state index in [0.29, 0.717) is 31.5 Å². The van der Waals surface area contributed by atoms with Gasteiger partial charge in [-0.3, -0.25) is 8.98 Å². The van der Waals surface area contributed by atoms with Crippen molar-refractivity contribution in [3.63, 3.8) is 0 Å². The highest BCUT2D eigenvalue weighted by molar-refractivity contribution is 7.86. The highest BCUT2D eigenvalue weighted by Crippen LogP contribution is 2.17. The first-order valence-electron chi connectivity index (χ1n) is 6.18. The molecule has 1 saturated heterocycles. The lowest BCUT2D eigenvalue weighted by molar-refractivity contribution is 0.0609. The smallest absolute Gasteiger partial charge is 0.264 e. The SMILES string of the molecule is CS(=O)(=O)OC1CCN(C(=O)c2ccccc2)CC1. The third-order valence-electron chi connectivity index (χ3n) is 3.06. The molecular formula is C13H17NO4S. The number of hydrogen-bond acceptors (Lipinski definition) is 4. The molecule has 1 aromatic rings. The van der Waals surface area contributed by atoms with E-state index in [1.807, 2.05) is 18.2 Å². The van der Waals surface area contributed by atoms with Crippen LogP contribution in [0.2, 0.25) is 0 Å². The molecule has 1 amide bonds. The molecule has 19 heavy (non-hydrogen) atoms. The van der Waals surface area contributed by atoms with Gasteiger partial charge in [-0.15, -0.1) is 0 Å². The molecule has 0 saturated carbocycles. The monoisotopic (exact) mass is 283 g/mol. The lowest BCUT2D eigenvalue weighted by atomic mass is 10.1. The molecule has 0 unspecified atom stereocenters. The van der Waals surface area contributed by atoms with E-state index in [1.165, 1.54) is 0 Å². The average Bonchev–Trinajstić information content (AvgIpc) is 2.38. The van der Waals surface area contributed by atoms with Gasteiger partial charge in [0.1, 0.15) is 0 Å². The molecule has 6 heteroatoms. The number of carbonyl (C=O) groups is 1. The Labute approximate surface area is 113 Å². The Bertz CT molecular complexity index is 533. The Balaban J connectivity index is 1.92. The van der Waals surface area contributed by atoms with E-state index in [9.17, 15) is 13.2 Å². The van der Waals surface area contributed by atoms with Gasteiger partial charge in [-0.2, -0.15) is 8.42 Å². The van der Waals surface area contributed by atoms with Crippen LogP contribution in [-0.4, -0.2) is 44.7 Å². The van der Waals surface area contributed by atoms with Gasteiger partial charge in [0.05, 0.1) is 12.4 Å². The number of likely N-dealkylation sites (tertiary alicyclic amines) is 1. The minimum Gasteiger partial charge on any atom is -0.338 e. The average molecular weight is 283 g/mol. The first kappa shape index (κ1) is 14.0. The number of nitrogens with zero attached hydrogens (tertiary/aromatic N) is 1. The van der Waals surface area contributed by atoms with Crippen molar-refractivity contribution in [2.45, 2.75) is 18.9 Å². The predicted octanol–water partition coefficient (Wildman–Crippen LogP) is 1.27.